The molecule has 14 heavy (non-hydrogen) atoms. The van der Waals surface area contributed by atoms with Crippen LogP contribution < -0.4 is 4.89 Å². The van der Waals surface area contributed by atoms with Crippen molar-refractivity contribution in [1.29, 1.82) is 0 Å². The Bertz CT molecular complexity index is 497. The molecule has 0 radical (unpaired) electrons. The third kappa shape index (κ3) is 1.17. The molecule has 0 aliphatic heterocycles. The van der Waals surface area contributed by atoms with E-state index in [4.69, 9.17) is 5.26 Å². The molecule has 0 fully saturated rings. The normalized spacial score (nSPS) is 10.4. The zero-order valence-corrected chi connectivity index (χ0v) is 7.39. The predicted octanol–water partition coefficient (Wildman–Crippen LogP) is 1.45. The molecule has 2 rings (SSSR count). The van der Waals surface area contributed by atoms with Gasteiger partial charge in [0.1, 0.15) is 10.2 Å². The van der Waals surface area contributed by atoms with Crippen LogP contribution in [0.5, 0.6) is 5.75 Å². The van der Waals surface area contributed by atoms with Gasteiger partial charge in [-0.2, -0.15) is 0 Å². The lowest BCUT2D eigenvalue weighted by Crippen LogP contribution is -1.96. The fraction of sp³-hybridized carbons (Fsp3) is 0. The molecule has 0 atom stereocenters. The van der Waals surface area contributed by atoms with Gasteiger partial charge in [-0.1, -0.05) is 0 Å². The van der Waals surface area contributed by atoms with E-state index in [0.717, 1.165) is 11.3 Å². The first-order chi connectivity index (χ1) is 6.74. The van der Waals surface area contributed by atoms with Gasteiger partial charge in [0.25, 0.3) is 5.75 Å². The van der Waals surface area contributed by atoms with E-state index in [-0.39, 0.29) is 5.75 Å². The van der Waals surface area contributed by atoms with Crippen LogP contribution in [0.4, 0.5) is 5.82 Å². The molecule has 0 unspecified atom stereocenters. The Morgan fingerprint density at radius 1 is 1.57 bits per heavy atom. The lowest BCUT2D eigenvalue weighted by molar-refractivity contribution is -0.392. The molecule has 0 aliphatic rings. The fourth-order valence-electron chi connectivity index (χ4n) is 1.01. The zero-order valence-electron chi connectivity index (χ0n) is 6.58. The van der Waals surface area contributed by atoms with Crippen LogP contribution in [0.15, 0.2) is 11.7 Å². The van der Waals surface area contributed by atoms with Crippen LogP contribution in [-0.4, -0.2) is 20.1 Å². The summed E-state index contributed by atoms with van der Waals surface area (Å²) in [7, 11) is 0. The average Bonchev–Trinajstić information content (AvgIpc) is 2.63. The maximum absolute atomic E-state index is 10.5. The number of hydrogen-bond donors (Lipinski definition) is 1. The Hall–Kier alpha value is -1.80. The number of fused-ring (bicyclic) bond motifs is 1. The highest BCUT2D eigenvalue weighted by Gasteiger charge is 2.22. The number of hydrogen-bond acceptors (Lipinski definition) is 7. The lowest BCUT2D eigenvalue weighted by atomic mass is 10.4. The van der Waals surface area contributed by atoms with E-state index >= 15 is 0 Å². The van der Waals surface area contributed by atoms with Crippen molar-refractivity contribution < 1.29 is 15.1 Å². The SMILES string of the molecule is O=[N+]([O-])c1ncc2ncsc2c1OO. The van der Waals surface area contributed by atoms with Crippen molar-refractivity contribution in [3.63, 3.8) is 0 Å². The minimum absolute atomic E-state index is 0.269. The monoisotopic (exact) mass is 213 g/mol. The third-order valence-corrected chi connectivity index (χ3v) is 2.42. The minimum Gasteiger partial charge on any atom is -0.358 e. The standard InChI is InChI=1S/C6H3N3O4S/c10-9(11)6-4(13-12)5-3(1-7-6)8-2-14-5/h1-2,12H. The predicted molar refractivity (Wildman–Crippen MR) is 47.3 cm³/mol. The van der Waals surface area contributed by atoms with Gasteiger partial charge in [-0.15, -0.1) is 11.3 Å². The summed E-state index contributed by atoms with van der Waals surface area (Å²) in [6.07, 6.45) is 1.26. The van der Waals surface area contributed by atoms with Crippen LogP contribution in [0.1, 0.15) is 0 Å². The molecular formula is C6H3N3O4S. The number of nitro groups is 1. The van der Waals surface area contributed by atoms with E-state index in [9.17, 15) is 10.1 Å². The Kier molecular flexibility index (Phi) is 1.98. The molecule has 2 aromatic rings. The summed E-state index contributed by atoms with van der Waals surface area (Å²) in [6, 6.07) is 0. The molecule has 8 heteroatoms. The van der Waals surface area contributed by atoms with Crippen LogP contribution >= 0.6 is 11.3 Å². The van der Waals surface area contributed by atoms with Crippen molar-refractivity contribution in [3.05, 3.63) is 21.8 Å². The second-order valence-corrected chi connectivity index (χ2v) is 3.18. The van der Waals surface area contributed by atoms with Gasteiger partial charge in [-0.25, -0.2) is 10.2 Å². The van der Waals surface area contributed by atoms with E-state index in [2.05, 4.69) is 14.9 Å². The van der Waals surface area contributed by atoms with Crippen LogP contribution in [0.2, 0.25) is 0 Å². The van der Waals surface area contributed by atoms with Gasteiger partial charge in [0.15, 0.2) is 6.20 Å². The molecule has 0 spiro atoms. The first-order valence-corrected chi connectivity index (χ1v) is 4.30. The van der Waals surface area contributed by atoms with Gasteiger partial charge in [-0.3, -0.25) is 0 Å². The van der Waals surface area contributed by atoms with Crippen molar-refractivity contribution in [2.75, 3.05) is 0 Å². The molecule has 72 valence electrons. The average molecular weight is 213 g/mol. The molecule has 7 nitrogen and oxygen atoms in total. The number of thiazole rings is 1. The maximum Gasteiger partial charge on any atom is 0.412 e. The third-order valence-electron chi connectivity index (χ3n) is 1.58. The fourth-order valence-corrected chi connectivity index (χ4v) is 1.74. The maximum atomic E-state index is 10.5. The molecule has 1 N–H and O–H groups in total. The Labute approximate surface area is 80.7 Å². The van der Waals surface area contributed by atoms with Gasteiger partial charge >= 0.3 is 5.82 Å². The number of aromatic nitrogens is 2. The second-order valence-electron chi connectivity index (χ2n) is 2.33. The van der Waals surface area contributed by atoms with Crippen molar-refractivity contribution in [2.24, 2.45) is 0 Å². The molecule has 0 saturated carbocycles. The molecule has 0 aliphatic carbocycles. The first-order valence-electron chi connectivity index (χ1n) is 3.42. The smallest absolute Gasteiger partial charge is 0.358 e. The quantitative estimate of drug-likeness (QED) is 0.460. The van der Waals surface area contributed by atoms with Crippen molar-refractivity contribution >= 4 is 27.4 Å². The van der Waals surface area contributed by atoms with Crippen LogP contribution in [0, 0.1) is 10.1 Å². The topological polar surface area (TPSA) is 98.4 Å². The van der Waals surface area contributed by atoms with Gasteiger partial charge in [0.05, 0.1) is 5.51 Å². The van der Waals surface area contributed by atoms with E-state index < -0.39 is 10.7 Å². The van der Waals surface area contributed by atoms with Gasteiger partial charge in [0.2, 0.25) is 0 Å². The van der Waals surface area contributed by atoms with Crippen LogP contribution in [-0.2, 0) is 0 Å². The summed E-state index contributed by atoms with van der Waals surface area (Å²) in [5.41, 5.74) is 1.93. The number of nitrogens with zero attached hydrogens (tertiary/aromatic N) is 3. The molecule has 0 amide bonds. The minimum atomic E-state index is -0.731. The summed E-state index contributed by atoms with van der Waals surface area (Å²) in [5.74, 6) is -0.792. The van der Waals surface area contributed by atoms with Gasteiger partial charge in [-0.05, 0) is 9.91 Å². The highest BCUT2D eigenvalue weighted by atomic mass is 32.1. The van der Waals surface area contributed by atoms with E-state index in [0.29, 0.717) is 10.2 Å². The van der Waals surface area contributed by atoms with Crippen molar-refractivity contribution in [3.8, 4) is 5.75 Å². The molecule has 0 bridgehead atoms. The Morgan fingerprint density at radius 3 is 3.00 bits per heavy atom. The molecule has 2 heterocycles. The first kappa shape index (κ1) is 8.78. The van der Waals surface area contributed by atoms with Crippen LogP contribution in [0.3, 0.4) is 0 Å². The summed E-state index contributed by atoms with van der Waals surface area (Å²) in [6.45, 7) is 0. The highest BCUT2D eigenvalue weighted by molar-refractivity contribution is 7.17. The molecule has 2 aromatic heterocycles. The summed E-state index contributed by atoms with van der Waals surface area (Å²) < 4.78 is 0.397. The summed E-state index contributed by atoms with van der Waals surface area (Å²) >= 11 is 1.13. The Morgan fingerprint density at radius 2 is 2.36 bits per heavy atom. The number of pyridine rings is 1. The Balaban J connectivity index is 2.78. The highest BCUT2D eigenvalue weighted by Crippen LogP contribution is 2.34. The largest absolute Gasteiger partial charge is 0.412 e. The molecule has 0 saturated heterocycles. The zero-order chi connectivity index (χ0) is 10.1. The van der Waals surface area contributed by atoms with Gasteiger partial charge in [0, 0.05) is 0 Å². The summed E-state index contributed by atoms with van der Waals surface area (Å²) in [4.78, 5) is 21.1. The van der Waals surface area contributed by atoms with Crippen molar-refractivity contribution in [1.82, 2.24) is 9.97 Å². The van der Waals surface area contributed by atoms with E-state index in [1.807, 2.05) is 0 Å². The summed E-state index contributed by atoms with van der Waals surface area (Å²) in [5, 5.41) is 19.0. The van der Waals surface area contributed by atoms with Crippen molar-refractivity contribution in [2.45, 2.75) is 0 Å². The van der Waals surface area contributed by atoms with E-state index in [1.165, 1.54) is 11.7 Å². The molecule has 0 aromatic carbocycles. The second kappa shape index (κ2) is 3.16. The lowest BCUT2D eigenvalue weighted by Gasteiger charge is -1.97. The van der Waals surface area contributed by atoms with E-state index in [1.54, 1.807) is 0 Å². The van der Waals surface area contributed by atoms with Crippen LogP contribution in [0.25, 0.3) is 10.2 Å². The molecular weight excluding hydrogens is 210 g/mol. The van der Waals surface area contributed by atoms with Gasteiger partial charge < -0.3 is 15.0 Å². The number of rotatable bonds is 2.